The molecule has 0 fully saturated rings. The second kappa shape index (κ2) is 8.21. The van der Waals surface area contributed by atoms with Crippen molar-refractivity contribution >= 4 is 24.2 Å². The van der Waals surface area contributed by atoms with Gasteiger partial charge in [0.2, 0.25) is 18.2 Å². The summed E-state index contributed by atoms with van der Waals surface area (Å²) in [5, 5.41) is 6.59. The summed E-state index contributed by atoms with van der Waals surface area (Å²) >= 11 is 0. The summed E-state index contributed by atoms with van der Waals surface area (Å²) in [6, 6.07) is 0. The Labute approximate surface area is 91.7 Å². The molecule has 0 aliphatic rings. The number of carbonyl (C=O) groups excluding carboxylic acids is 4. The maximum atomic E-state index is 11.0. The molecule has 0 aliphatic carbocycles. The van der Waals surface area contributed by atoms with E-state index in [1.54, 1.807) is 0 Å². The average Bonchev–Trinajstić information content (AvgIpc) is 2.30. The third-order valence-electron chi connectivity index (χ3n) is 1.45. The van der Waals surface area contributed by atoms with E-state index in [-0.39, 0.29) is 19.6 Å². The molecule has 0 saturated heterocycles. The predicted molar refractivity (Wildman–Crippen MR) is 52.1 cm³/mol. The predicted octanol–water partition coefficient (Wildman–Crippen LogP) is -2.86. The Morgan fingerprint density at radius 1 is 1.06 bits per heavy atom. The van der Waals surface area contributed by atoms with Crippen LogP contribution < -0.4 is 16.0 Å². The Kier molecular flexibility index (Phi) is 7.12. The Hall–Kier alpha value is -2.12. The van der Waals surface area contributed by atoms with Gasteiger partial charge >= 0.3 is 5.97 Å². The molecule has 0 rings (SSSR count). The van der Waals surface area contributed by atoms with Crippen molar-refractivity contribution in [1.82, 2.24) is 16.0 Å². The first-order valence-electron chi connectivity index (χ1n) is 4.37. The Bertz CT molecular complexity index is 279. The monoisotopic (exact) mass is 231 g/mol. The van der Waals surface area contributed by atoms with Crippen molar-refractivity contribution < 1.29 is 23.9 Å². The van der Waals surface area contributed by atoms with Gasteiger partial charge in [-0.2, -0.15) is 0 Å². The number of hydrogen-bond donors (Lipinski definition) is 3. The third kappa shape index (κ3) is 7.30. The number of ether oxygens (including phenoxy) is 1. The van der Waals surface area contributed by atoms with Gasteiger partial charge in [-0.25, -0.2) is 0 Å². The summed E-state index contributed by atoms with van der Waals surface area (Å²) in [5.74, 6) is -1.60. The van der Waals surface area contributed by atoms with Crippen LogP contribution in [0.3, 0.4) is 0 Å². The fourth-order valence-corrected chi connectivity index (χ4v) is 0.681. The lowest BCUT2D eigenvalue weighted by atomic mass is 10.5. The van der Waals surface area contributed by atoms with Crippen LogP contribution in [0.25, 0.3) is 0 Å². The molecule has 0 radical (unpaired) electrons. The van der Waals surface area contributed by atoms with E-state index in [1.807, 2.05) is 0 Å². The van der Waals surface area contributed by atoms with Crippen LogP contribution in [0, 0.1) is 0 Å². The minimum atomic E-state index is -0.581. The summed E-state index contributed by atoms with van der Waals surface area (Å²) in [4.78, 5) is 42.4. The van der Waals surface area contributed by atoms with Crippen molar-refractivity contribution in [2.24, 2.45) is 0 Å². The molecular formula is C8H13N3O5. The van der Waals surface area contributed by atoms with Crippen molar-refractivity contribution in [3.63, 3.8) is 0 Å². The van der Waals surface area contributed by atoms with Crippen LogP contribution in [0.15, 0.2) is 0 Å². The van der Waals surface area contributed by atoms with Crippen LogP contribution >= 0.6 is 0 Å². The van der Waals surface area contributed by atoms with Gasteiger partial charge in [-0.15, -0.1) is 0 Å². The molecule has 0 atom stereocenters. The van der Waals surface area contributed by atoms with Crippen LogP contribution in [-0.4, -0.2) is 50.9 Å². The zero-order valence-corrected chi connectivity index (χ0v) is 8.74. The third-order valence-corrected chi connectivity index (χ3v) is 1.45. The molecule has 0 unspecified atom stereocenters. The fourth-order valence-electron chi connectivity index (χ4n) is 0.681. The Morgan fingerprint density at radius 2 is 1.62 bits per heavy atom. The minimum Gasteiger partial charge on any atom is -0.468 e. The quantitative estimate of drug-likeness (QED) is 0.322. The standard InChI is InChI=1S/C8H13N3O5/c1-16-8(15)4-11-7(14)3-10-6(13)2-9-5-12/h5H,2-4H2,1H3,(H,9,12)(H,10,13)(H,11,14). The highest BCUT2D eigenvalue weighted by atomic mass is 16.5. The van der Waals surface area contributed by atoms with Crippen molar-refractivity contribution in [2.75, 3.05) is 26.7 Å². The molecule has 0 bridgehead atoms. The van der Waals surface area contributed by atoms with Crippen LogP contribution in [0.5, 0.6) is 0 Å². The van der Waals surface area contributed by atoms with E-state index in [9.17, 15) is 19.2 Å². The van der Waals surface area contributed by atoms with Crippen LogP contribution in [0.4, 0.5) is 0 Å². The fraction of sp³-hybridized carbons (Fsp3) is 0.500. The lowest BCUT2D eigenvalue weighted by molar-refractivity contribution is -0.141. The number of nitrogens with one attached hydrogen (secondary N) is 3. The summed E-state index contributed by atoms with van der Waals surface area (Å²) < 4.78 is 4.29. The largest absolute Gasteiger partial charge is 0.468 e. The lowest BCUT2D eigenvalue weighted by Gasteiger charge is -2.05. The highest BCUT2D eigenvalue weighted by Gasteiger charge is 2.06. The maximum absolute atomic E-state index is 11.0. The van der Waals surface area contributed by atoms with Gasteiger partial charge in [-0.05, 0) is 0 Å². The second-order valence-corrected chi connectivity index (χ2v) is 2.63. The van der Waals surface area contributed by atoms with Crippen LogP contribution in [0.2, 0.25) is 0 Å². The number of amides is 3. The van der Waals surface area contributed by atoms with Gasteiger partial charge in [-0.3, -0.25) is 19.2 Å². The highest BCUT2D eigenvalue weighted by Crippen LogP contribution is 1.71. The van der Waals surface area contributed by atoms with Crippen molar-refractivity contribution in [3.8, 4) is 0 Å². The zero-order chi connectivity index (χ0) is 12.4. The first kappa shape index (κ1) is 13.9. The second-order valence-electron chi connectivity index (χ2n) is 2.63. The maximum Gasteiger partial charge on any atom is 0.325 e. The molecule has 0 spiro atoms. The van der Waals surface area contributed by atoms with E-state index >= 15 is 0 Å². The molecule has 0 aromatic heterocycles. The van der Waals surface area contributed by atoms with Crippen molar-refractivity contribution in [1.29, 1.82) is 0 Å². The van der Waals surface area contributed by atoms with Gasteiger partial charge in [0.15, 0.2) is 0 Å². The number of rotatable bonds is 7. The van der Waals surface area contributed by atoms with E-state index in [2.05, 4.69) is 20.7 Å². The first-order valence-corrected chi connectivity index (χ1v) is 4.37. The van der Waals surface area contributed by atoms with E-state index in [1.165, 1.54) is 7.11 Å². The summed E-state index contributed by atoms with van der Waals surface area (Å²) in [6.45, 7) is -0.720. The topological polar surface area (TPSA) is 114 Å². The molecule has 0 aromatic carbocycles. The summed E-state index contributed by atoms with van der Waals surface area (Å²) in [6.07, 6.45) is 0.372. The molecule has 0 aliphatic heterocycles. The molecule has 8 nitrogen and oxygen atoms in total. The molecule has 90 valence electrons. The molecule has 0 saturated carbocycles. The normalized spacial score (nSPS) is 8.81. The average molecular weight is 231 g/mol. The summed E-state index contributed by atoms with van der Waals surface area (Å²) in [5.41, 5.74) is 0. The first-order chi connectivity index (χ1) is 7.60. The molecule has 0 aromatic rings. The van der Waals surface area contributed by atoms with E-state index in [0.717, 1.165) is 0 Å². The van der Waals surface area contributed by atoms with Crippen molar-refractivity contribution in [2.45, 2.75) is 0 Å². The lowest BCUT2D eigenvalue weighted by Crippen LogP contribution is -2.41. The Morgan fingerprint density at radius 3 is 2.19 bits per heavy atom. The molecule has 8 heteroatoms. The van der Waals surface area contributed by atoms with Gasteiger partial charge in [0.05, 0.1) is 20.2 Å². The molecular weight excluding hydrogens is 218 g/mol. The smallest absolute Gasteiger partial charge is 0.325 e. The number of methoxy groups -OCH3 is 1. The minimum absolute atomic E-state index is 0.201. The number of hydrogen-bond acceptors (Lipinski definition) is 5. The number of carbonyl (C=O) groups is 4. The van der Waals surface area contributed by atoms with Gasteiger partial charge < -0.3 is 20.7 Å². The molecule has 3 N–H and O–H groups in total. The zero-order valence-electron chi connectivity index (χ0n) is 8.74. The van der Waals surface area contributed by atoms with E-state index < -0.39 is 17.8 Å². The van der Waals surface area contributed by atoms with Gasteiger partial charge in [-0.1, -0.05) is 0 Å². The SMILES string of the molecule is COC(=O)CNC(=O)CNC(=O)CNC=O. The highest BCUT2D eigenvalue weighted by molar-refractivity contribution is 5.87. The summed E-state index contributed by atoms with van der Waals surface area (Å²) in [7, 11) is 1.20. The van der Waals surface area contributed by atoms with Crippen LogP contribution in [-0.2, 0) is 23.9 Å². The molecule has 3 amide bonds. The molecule has 16 heavy (non-hydrogen) atoms. The van der Waals surface area contributed by atoms with Crippen LogP contribution in [0.1, 0.15) is 0 Å². The van der Waals surface area contributed by atoms with Gasteiger partial charge in [0.1, 0.15) is 6.54 Å². The molecule has 0 heterocycles. The van der Waals surface area contributed by atoms with E-state index in [4.69, 9.17) is 0 Å². The van der Waals surface area contributed by atoms with Gasteiger partial charge in [0, 0.05) is 0 Å². The number of esters is 1. The van der Waals surface area contributed by atoms with Crippen molar-refractivity contribution in [3.05, 3.63) is 0 Å². The Balaban J connectivity index is 3.60. The van der Waals surface area contributed by atoms with E-state index in [0.29, 0.717) is 6.41 Å². The van der Waals surface area contributed by atoms with Gasteiger partial charge in [0.25, 0.3) is 0 Å².